The van der Waals surface area contributed by atoms with Gasteiger partial charge < -0.3 is 10.1 Å². The molecule has 25 heavy (non-hydrogen) atoms. The number of nitrogens with one attached hydrogen (secondary N) is 1. The highest BCUT2D eigenvalue weighted by atomic mass is 32.2. The molecule has 0 aromatic heterocycles. The van der Waals surface area contributed by atoms with Crippen LogP contribution in [0.25, 0.3) is 0 Å². The first-order valence-electron chi connectivity index (χ1n) is 8.15. The fraction of sp³-hybridized carbons (Fsp3) is 0.278. The van der Waals surface area contributed by atoms with E-state index in [-0.39, 0.29) is 11.4 Å². The lowest BCUT2D eigenvalue weighted by molar-refractivity contribution is 0.200. The van der Waals surface area contributed by atoms with Crippen molar-refractivity contribution in [1.29, 1.82) is 0 Å². The molecule has 1 N–H and O–H groups in total. The topological polar surface area (TPSA) is 75.7 Å². The summed E-state index contributed by atoms with van der Waals surface area (Å²) in [5, 5.41) is 2.64. The number of carbonyl (C=O) groups excluding carboxylic acids is 1. The molecule has 1 aliphatic heterocycles. The van der Waals surface area contributed by atoms with Gasteiger partial charge in [-0.15, -0.1) is 0 Å². The molecule has 6 nitrogen and oxygen atoms in total. The molecule has 1 heterocycles. The van der Waals surface area contributed by atoms with Crippen molar-refractivity contribution in [2.24, 2.45) is 0 Å². The number of rotatable bonds is 5. The van der Waals surface area contributed by atoms with E-state index in [1.807, 2.05) is 6.07 Å². The van der Waals surface area contributed by atoms with E-state index < -0.39 is 16.1 Å². The van der Waals surface area contributed by atoms with Crippen LogP contribution in [0.1, 0.15) is 18.4 Å². The van der Waals surface area contributed by atoms with Crippen LogP contribution in [0.15, 0.2) is 59.5 Å². The third kappa shape index (κ3) is 4.37. The summed E-state index contributed by atoms with van der Waals surface area (Å²) in [5.74, 6) is 0.465. The summed E-state index contributed by atoms with van der Waals surface area (Å²) in [4.78, 5) is 12.0. The van der Waals surface area contributed by atoms with E-state index >= 15 is 0 Å². The Balaban J connectivity index is 1.56. The molecule has 2 aromatic rings. The predicted molar refractivity (Wildman–Crippen MR) is 93.7 cm³/mol. The van der Waals surface area contributed by atoms with Crippen LogP contribution in [0.3, 0.4) is 0 Å². The molecule has 0 aliphatic carbocycles. The molecular formula is C18H20N2O4S. The molecule has 0 bridgehead atoms. The number of hydrogen-bond acceptors (Lipinski definition) is 4. The quantitative estimate of drug-likeness (QED) is 0.890. The molecule has 0 spiro atoms. The Morgan fingerprint density at radius 2 is 1.64 bits per heavy atom. The molecule has 0 unspecified atom stereocenters. The summed E-state index contributed by atoms with van der Waals surface area (Å²) in [6.45, 7) is 1.42. The second-order valence-electron chi connectivity index (χ2n) is 5.81. The van der Waals surface area contributed by atoms with Crippen molar-refractivity contribution in [2.45, 2.75) is 24.3 Å². The van der Waals surface area contributed by atoms with Gasteiger partial charge in [-0.05, 0) is 42.7 Å². The van der Waals surface area contributed by atoms with Crippen LogP contribution in [-0.2, 0) is 16.6 Å². The highest BCUT2D eigenvalue weighted by Gasteiger charge is 2.26. The first-order valence-corrected chi connectivity index (χ1v) is 9.59. The average Bonchev–Trinajstić information content (AvgIpc) is 3.17. The van der Waals surface area contributed by atoms with Gasteiger partial charge in [-0.2, -0.15) is 4.31 Å². The average molecular weight is 360 g/mol. The second-order valence-corrected chi connectivity index (χ2v) is 7.75. The third-order valence-corrected chi connectivity index (χ3v) is 5.93. The van der Waals surface area contributed by atoms with E-state index in [1.165, 1.54) is 4.31 Å². The lowest BCUT2D eigenvalue weighted by Gasteiger charge is -2.15. The summed E-state index contributed by atoms with van der Waals surface area (Å²) in [6.07, 6.45) is 1.26. The number of amides is 1. The van der Waals surface area contributed by atoms with Crippen molar-refractivity contribution in [3.05, 3.63) is 60.2 Å². The molecule has 3 rings (SSSR count). The number of ether oxygens (including phenoxy) is 1. The van der Waals surface area contributed by atoms with Crippen LogP contribution in [0.2, 0.25) is 0 Å². The number of nitrogens with zero attached hydrogens (tertiary/aromatic N) is 1. The van der Waals surface area contributed by atoms with Gasteiger partial charge in [-0.3, -0.25) is 0 Å². The highest BCUT2D eigenvalue weighted by molar-refractivity contribution is 7.89. The van der Waals surface area contributed by atoms with Crippen molar-refractivity contribution in [1.82, 2.24) is 9.62 Å². The van der Waals surface area contributed by atoms with E-state index in [0.29, 0.717) is 18.8 Å². The minimum atomic E-state index is -3.41. The van der Waals surface area contributed by atoms with Gasteiger partial charge >= 0.3 is 6.09 Å². The Bertz CT molecular complexity index is 814. The fourth-order valence-corrected chi connectivity index (χ4v) is 4.18. The predicted octanol–water partition coefficient (Wildman–Crippen LogP) is 2.76. The van der Waals surface area contributed by atoms with Crippen molar-refractivity contribution in [3.8, 4) is 5.75 Å². The lowest BCUT2D eigenvalue weighted by atomic mass is 10.2. The molecule has 132 valence electrons. The Morgan fingerprint density at radius 3 is 2.28 bits per heavy atom. The van der Waals surface area contributed by atoms with Crippen molar-refractivity contribution < 1.29 is 17.9 Å². The van der Waals surface area contributed by atoms with Crippen LogP contribution in [0.4, 0.5) is 4.79 Å². The normalized spacial score (nSPS) is 15.0. The summed E-state index contributed by atoms with van der Waals surface area (Å²) < 4.78 is 31.5. The monoisotopic (exact) mass is 360 g/mol. The summed E-state index contributed by atoms with van der Waals surface area (Å²) >= 11 is 0. The molecule has 0 radical (unpaired) electrons. The third-order valence-electron chi connectivity index (χ3n) is 4.02. The van der Waals surface area contributed by atoms with E-state index in [9.17, 15) is 13.2 Å². The molecule has 1 saturated heterocycles. The first-order chi connectivity index (χ1) is 12.1. The minimum absolute atomic E-state index is 0.260. The molecular weight excluding hydrogens is 340 g/mol. The zero-order chi connectivity index (χ0) is 17.7. The molecule has 0 saturated carbocycles. The zero-order valence-electron chi connectivity index (χ0n) is 13.7. The maximum atomic E-state index is 12.5. The Hall–Kier alpha value is -2.38. The van der Waals surface area contributed by atoms with Crippen LogP contribution in [0, 0.1) is 0 Å². The van der Waals surface area contributed by atoms with Gasteiger partial charge in [0.1, 0.15) is 5.75 Å². The molecule has 2 aromatic carbocycles. The standard InChI is InChI=1S/C18H20N2O4S/c21-18(24-16-6-2-1-3-7-16)19-14-15-8-10-17(11-9-15)25(22,23)20-12-4-5-13-20/h1-3,6-11H,4-5,12-14H2,(H,19,21). The van der Waals surface area contributed by atoms with Gasteiger partial charge in [0.25, 0.3) is 0 Å². The van der Waals surface area contributed by atoms with E-state index in [2.05, 4.69) is 5.32 Å². The SMILES string of the molecule is O=C(NCc1ccc(S(=O)(=O)N2CCCC2)cc1)Oc1ccccc1. The highest BCUT2D eigenvalue weighted by Crippen LogP contribution is 2.21. The molecule has 7 heteroatoms. The van der Waals surface area contributed by atoms with Gasteiger partial charge in [0.15, 0.2) is 0 Å². The molecule has 0 atom stereocenters. The number of para-hydroxylation sites is 1. The van der Waals surface area contributed by atoms with E-state index in [1.54, 1.807) is 48.5 Å². The Kier molecular flexibility index (Phi) is 5.35. The smallest absolute Gasteiger partial charge is 0.410 e. The van der Waals surface area contributed by atoms with Crippen LogP contribution < -0.4 is 10.1 Å². The number of carbonyl (C=O) groups is 1. The summed E-state index contributed by atoms with van der Waals surface area (Å²) in [7, 11) is -3.41. The van der Waals surface area contributed by atoms with Crippen LogP contribution >= 0.6 is 0 Å². The van der Waals surface area contributed by atoms with Crippen molar-refractivity contribution >= 4 is 16.1 Å². The Labute approximate surface area is 147 Å². The molecule has 1 fully saturated rings. The molecule has 1 aliphatic rings. The molecule has 1 amide bonds. The Morgan fingerprint density at radius 1 is 1.00 bits per heavy atom. The van der Waals surface area contributed by atoms with Crippen molar-refractivity contribution in [2.75, 3.05) is 13.1 Å². The largest absolute Gasteiger partial charge is 0.412 e. The fourth-order valence-electron chi connectivity index (χ4n) is 2.66. The number of hydrogen-bond donors (Lipinski definition) is 1. The summed E-state index contributed by atoms with van der Waals surface area (Å²) in [5.41, 5.74) is 0.797. The minimum Gasteiger partial charge on any atom is -0.410 e. The van der Waals surface area contributed by atoms with E-state index in [4.69, 9.17) is 4.74 Å². The lowest BCUT2D eigenvalue weighted by Crippen LogP contribution is -2.28. The number of benzene rings is 2. The second kappa shape index (κ2) is 7.67. The number of sulfonamides is 1. The van der Waals surface area contributed by atoms with Gasteiger partial charge in [0, 0.05) is 19.6 Å². The van der Waals surface area contributed by atoms with Gasteiger partial charge in [-0.25, -0.2) is 13.2 Å². The zero-order valence-corrected chi connectivity index (χ0v) is 14.5. The maximum Gasteiger partial charge on any atom is 0.412 e. The van der Waals surface area contributed by atoms with Crippen LogP contribution in [0.5, 0.6) is 5.75 Å². The maximum absolute atomic E-state index is 12.5. The first kappa shape index (κ1) is 17.4. The van der Waals surface area contributed by atoms with Crippen molar-refractivity contribution in [3.63, 3.8) is 0 Å². The van der Waals surface area contributed by atoms with E-state index in [0.717, 1.165) is 18.4 Å². The van der Waals surface area contributed by atoms with Gasteiger partial charge in [0.05, 0.1) is 4.90 Å². The van der Waals surface area contributed by atoms with Gasteiger partial charge in [-0.1, -0.05) is 30.3 Å². The van der Waals surface area contributed by atoms with Crippen LogP contribution in [-0.4, -0.2) is 31.9 Å². The van der Waals surface area contributed by atoms with Gasteiger partial charge in [0.2, 0.25) is 10.0 Å². The summed E-state index contributed by atoms with van der Waals surface area (Å²) in [6, 6.07) is 15.3.